The Morgan fingerprint density at radius 1 is 1.17 bits per heavy atom. The lowest BCUT2D eigenvalue weighted by Gasteiger charge is -2.35. The highest BCUT2D eigenvalue weighted by atomic mass is 16.5. The summed E-state index contributed by atoms with van der Waals surface area (Å²) in [6.45, 7) is 2.35. The van der Waals surface area contributed by atoms with Crippen LogP contribution in [0.25, 0.3) is 0 Å². The van der Waals surface area contributed by atoms with E-state index in [1.54, 1.807) is 26.3 Å². The monoisotopic (exact) mass is 413 g/mol. The summed E-state index contributed by atoms with van der Waals surface area (Å²) in [5.74, 6) is 1.37. The zero-order chi connectivity index (χ0) is 21.3. The first kappa shape index (κ1) is 21.9. The Morgan fingerprint density at radius 2 is 1.93 bits per heavy atom. The molecule has 162 valence electrons. The number of benzene rings is 1. The Morgan fingerprint density at radius 3 is 2.60 bits per heavy atom. The van der Waals surface area contributed by atoms with Crippen molar-refractivity contribution in [2.75, 3.05) is 13.7 Å². The van der Waals surface area contributed by atoms with E-state index >= 15 is 0 Å². The maximum Gasteiger partial charge on any atom is 0.306 e. The Hall–Kier alpha value is -2.76. The molecule has 1 atom stereocenters. The van der Waals surface area contributed by atoms with E-state index in [9.17, 15) is 4.79 Å². The molecule has 0 radical (unpaired) electrons. The first-order valence-electron chi connectivity index (χ1n) is 10.6. The summed E-state index contributed by atoms with van der Waals surface area (Å²) in [6.07, 6.45) is 8.75. The van der Waals surface area contributed by atoms with Crippen molar-refractivity contribution in [1.82, 2.24) is 4.98 Å². The van der Waals surface area contributed by atoms with Crippen LogP contribution >= 0.6 is 0 Å². The summed E-state index contributed by atoms with van der Waals surface area (Å²) in [5, 5.41) is 9.03. The number of carboxylic acid groups (broad SMARTS) is 1. The van der Waals surface area contributed by atoms with Gasteiger partial charge in [0.05, 0.1) is 25.7 Å². The number of methoxy groups -OCH3 is 1. The van der Waals surface area contributed by atoms with E-state index in [1.807, 2.05) is 30.3 Å². The summed E-state index contributed by atoms with van der Waals surface area (Å²) in [5.41, 5.74) is 0.976. The predicted molar refractivity (Wildman–Crippen MR) is 114 cm³/mol. The molecule has 6 nitrogen and oxygen atoms in total. The van der Waals surface area contributed by atoms with Crippen LogP contribution in [0.1, 0.15) is 44.6 Å². The number of nitrogens with zero attached hydrogens (tertiary/aromatic N) is 1. The molecule has 1 aromatic heterocycles. The number of rotatable bonds is 9. The molecule has 2 aromatic rings. The highest BCUT2D eigenvalue weighted by molar-refractivity contribution is 5.69. The molecule has 0 amide bonds. The van der Waals surface area contributed by atoms with Gasteiger partial charge in [0, 0.05) is 12.3 Å². The summed E-state index contributed by atoms with van der Waals surface area (Å²) in [6, 6.07) is 11.3. The summed E-state index contributed by atoms with van der Waals surface area (Å²) in [4.78, 5) is 15.1. The van der Waals surface area contributed by atoms with Gasteiger partial charge in [-0.2, -0.15) is 0 Å². The average molecular weight is 414 g/mol. The molecule has 2 aliphatic rings. The van der Waals surface area contributed by atoms with Crippen molar-refractivity contribution in [2.24, 2.45) is 11.8 Å². The maximum absolute atomic E-state index is 11.0. The molecule has 0 spiro atoms. The van der Waals surface area contributed by atoms with Gasteiger partial charge in [-0.15, -0.1) is 0 Å². The highest BCUT2D eigenvalue weighted by Crippen LogP contribution is 2.32. The van der Waals surface area contributed by atoms with E-state index in [4.69, 9.17) is 19.3 Å². The molecule has 1 aromatic carbocycles. The van der Waals surface area contributed by atoms with Gasteiger partial charge in [-0.25, -0.2) is 4.98 Å². The molecule has 0 saturated heterocycles. The van der Waals surface area contributed by atoms with E-state index in [2.05, 4.69) is 4.98 Å². The quantitative estimate of drug-likeness (QED) is 0.639. The number of hydrogen-bond acceptors (Lipinski definition) is 5. The van der Waals surface area contributed by atoms with E-state index < -0.39 is 11.9 Å². The zero-order valence-corrected chi connectivity index (χ0v) is 17.8. The Kier molecular flexibility index (Phi) is 7.94. The largest absolute Gasteiger partial charge is 0.493 e. The Bertz CT molecular complexity index is 814. The molecule has 1 heterocycles. The fourth-order valence-electron chi connectivity index (χ4n) is 3.09. The van der Waals surface area contributed by atoms with Gasteiger partial charge in [0.1, 0.15) is 11.5 Å². The van der Waals surface area contributed by atoms with Gasteiger partial charge in [-0.1, -0.05) is 38.3 Å². The van der Waals surface area contributed by atoms with E-state index in [0.29, 0.717) is 24.8 Å². The number of pyridine rings is 1. The summed E-state index contributed by atoms with van der Waals surface area (Å²) >= 11 is 0. The second-order valence-corrected chi connectivity index (χ2v) is 8.07. The SMILES string of the molecule is C1CC1.COc1cc(OC2CC(COc3cccc(CC(C)C(=O)O)c3)C2)ccn1. The Labute approximate surface area is 178 Å². The van der Waals surface area contributed by atoms with E-state index in [-0.39, 0.29) is 6.10 Å². The van der Waals surface area contributed by atoms with Crippen LogP contribution in [0.5, 0.6) is 17.4 Å². The third-order valence-corrected chi connectivity index (χ3v) is 5.11. The second-order valence-electron chi connectivity index (χ2n) is 8.07. The highest BCUT2D eigenvalue weighted by Gasteiger charge is 2.31. The standard InChI is InChI=1S/C21H25NO5.C3H6/c1-14(21(23)24)8-15-4-3-5-17(9-15)26-13-16-10-19(11-16)27-18-6-7-22-20(12-18)25-2;1-2-3-1/h3-7,9,12,14,16,19H,8,10-11,13H2,1-2H3,(H,23,24);1-3H2. The van der Waals surface area contributed by atoms with Crippen molar-refractivity contribution in [3.8, 4) is 17.4 Å². The summed E-state index contributed by atoms with van der Waals surface area (Å²) in [7, 11) is 1.58. The van der Waals surface area contributed by atoms with Crippen LogP contribution < -0.4 is 14.2 Å². The van der Waals surface area contributed by atoms with Gasteiger partial charge in [-0.3, -0.25) is 4.79 Å². The van der Waals surface area contributed by atoms with Crippen molar-refractivity contribution in [1.29, 1.82) is 0 Å². The molecule has 30 heavy (non-hydrogen) atoms. The normalized spacial score (nSPS) is 20.1. The van der Waals surface area contributed by atoms with Crippen LogP contribution in [-0.2, 0) is 11.2 Å². The van der Waals surface area contributed by atoms with Crippen LogP contribution in [0.15, 0.2) is 42.6 Å². The minimum absolute atomic E-state index is 0.188. The smallest absolute Gasteiger partial charge is 0.306 e. The first-order valence-corrected chi connectivity index (χ1v) is 10.6. The average Bonchev–Trinajstić information content (AvgIpc) is 3.59. The Balaban J connectivity index is 0.000000782. The van der Waals surface area contributed by atoms with Gasteiger partial charge in [0.15, 0.2) is 0 Å². The van der Waals surface area contributed by atoms with Gasteiger partial charge in [-0.05, 0) is 48.9 Å². The van der Waals surface area contributed by atoms with E-state index in [1.165, 1.54) is 19.3 Å². The summed E-state index contributed by atoms with van der Waals surface area (Å²) < 4.78 is 16.9. The number of ether oxygens (including phenoxy) is 3. The van der Waals surface area contributed by atoms with Crippen molar-refractivity contribution in [3.05, 3.63) is 48.2 Å². The van der Waals surface area contributed by atoms with Crippen molar-refractivity contribution in [3.63, 3.8) is 0 Å². The number of aliphatic carboxylic acids is 1. The zero-order valence-electron chi connectivity index (χ0n) is 17.8. The number of hydrogen-bond donors (Lipinski definition) is 1. The molecular weight excluding hydrogens is 382 g/mol. The number of carbonyl (C=O) groups is 1. The molecule has 0 bridgehead atoms. The van der Waals surface area contributed by atoms with Crippen molar-refractivity contribution < 1.29 is 24.1 Å². The molecule has 2 fully saturated rings. The molecule has 1 N–H and O–H groups in total. The number of carboxylic acids is 1. The molecule has 6 heteroatoms. The van der Waals surface area contributed by atoms with Crippen LogP contribution in [0.2, 0.25) is 0 Å². The van der Waals surface area contributed by atoms with Crippen LogP contribution in [0, 0.1) is 11.8 Å². The van der Waals surface area contributed by atoms with Gasteiger partial charge in [0.25, 0.3) is 0 Å². The lowest BCUT2D eigenvalue weighted by atomic mass is 9.83. The van der Waals surface area contributed by atoms with Crippen molar-refractivity contribution in [2.45, 2.75) is 51.6 Å². The fraction of sp³-hybridized carbons (Fsp3) is 0.500. The fourth-order valence-corrected chi connectivity index (χ4v) is 3.09. The third-order valence-electron chi connectivity index (χ3n) is 5.11. The topological polar surface area (TPSA) is 77.9 Å². The lowest BCUT2D eigenvalue weighted by Crippen LogP contribution is -2.37. The minimum Gasteiger partial charge on any atom is -0.493 e. The predicted octanol–water partition coefficient (Wildman–Crippen LogP) is 4.76. The molecule has 2 aliphatic carbocycles. The molecule has 4 rings (SSSR count). The third kappa shape index (κ3) is 7.25. The molecule has 0 aliphatic heterocycles. The minimum atomic E-state index is -0.784. The van der Waals surface area contributed by atoms with Crippen LogP contribution in [0.4, 0.5) is 0 Å². The van der Waals surface area contributed by atoms with Crippen LogP contribution in [-0.4, -0.2) is 35.9 Å². The molecular formula is C24H31NO5. The van der Waals surface area contributed by atoms with Crippen LogP contribution in [0.3, 0.4) is 0 Å². The van der Waals surface area contributed by atoms with Gasteiger partial charge >= 0.3 is 5.97 Å². The maximum atomic E-state index is 11.0. The molecule has 1 unspecified atom stereocenters. The first-order chi connectivity index (χ1) is 14.5. The number of aromatic nitrogens is 1. The van der Waals surface area contributed by atoms with Crippen molar-refractivity contribution >= 4 is 5.97 Å². The second kappa shape index (κ2) is 10.9. The molecule has 2 saturated carbocycles. The van der Waals surface area contributed by atoms with E-state index in [0.717, 1.165) is 29.9 Å². The van der Waals surface area contributed by atoms with Gasteiger partial charge < -0.3 is 19.3 Å². The van der Waals surface area contributed by atoms with Gasteiger partial charge in [0.2, 0.25) is 5.88 Å². The lowest BCUT2D eigenvalue weighted by molar-refractivity contribution is -0.141.